The molecule has 1 atom stereocenters. The van der Waals surface area contributed by atoms with Crippen molar-refractivity contribution in [1.82, 2.24) is 9.78 Å². The van der Waals surface area contributed by atoms with E-state index in [1.165, 1.54) is 13.8 Å². The SMILES string of the molecule is CCCOC(=O)c1c(NC(=O)C(C)n2nc(C(F)(F)F)c(Br)c2C2CC2)sc(C(=O)OCC)c1C. The van der Waals surface area contributed by atoms with E-state index in [0.717, 1.165) is 16.0 Å². The van der Waals surface area contributed by atoms with E-state index in [1.54, 1.807) is 6.92 Å². The third kappa shape index (κ3) is 5.71. The molecule has 8 nitrogen and oxygen atoms in total. The molecule has 1 amide bonds. The van der Waals surface area contributed by atoms with Crippen LogP contribution in [-0.4, -0.2) is 40.8 Å². The molecule has 0 radical (unpaired) electrons. The van der Waals surface area contributed by atoms with Gasteiger partial charge in [-0.2, -0.15) is 18.3 Å². The Morgan fingerprint density at radius 1 is 1.23 bits per heavy atom. The highest BCUT2D eigenvalue weighted by atomic mass is 79.9. The molecule has 1 unspecified atom stereocenters. The molecule has 13 heteroatoms. The van der Waals surface area contributed by atoms with Gasteiger partial charge >= 0.3 is 18.1 Å². The second-order valence-corrected chi connectivity index (χ2v) is 9.86. The molecule has 35 heavy (non-hydrogen) atoms. The maximum absolute atomic E-state index is 13.5. The number of anilines is 1. The number of halogens is 4. The molecule has 0 aliphatic heterocycles. The number of carbonyl (C=O) groups is 3. The lowest BCUT2D eigenvalue weighted by Gasteiger charge is -2.16. The van der Waals surface area contributed by atoms with Gasteiger partial charge in [-0.15, -0.1) is 11.3 Å². The van der Waals surface area contributed by atoms with Gasteiger partial charge in [0.25, 0.3) is 0 Å². The summed E-state index contributed by atoms with van der Waals surface area (Å²) < 4.78 is 51.5. The number of nitrogens with one attached hydrogen (secondary N) is 1. The summed E-state index contributed by atoms with van der Waals surface area (Å²) in [7, 11) is 0. The zero-order valence-electron chi connectivity index (χ0n) is 19.5. The number of aromatic nitrogens is 2. The van der Waals surface area contributed by atoms with Gasteiger partial charge < -0.3 is 14.8 Å². The summed E-state index contributed by atoms with van der Waals surface area (Å²) in [5.74, 6) is -2.21. The number of rotatable bonds is 9. The van der Waals surface area contributed by atoms with E-state index in [4.69, 9.17) is 9.47 Å². The molecule has 0 bridgehead atoms. The standard InChI is InChI=1S/C22H25BrF3N3O5S/c1-5-9-34-20(31)13-10(3)16(21(32)33-6-2)35-19(13)27-18(30)11(4)29-15(12-7-8-12)14(23)17(28-29)22(24,25)26/h11-12H,5-9H2,1-4H3,(H,27,30). The Hall–Kier alpha value is -2.41. The van der Waals surface area contributed by atoms with Gasteiger partial charge in [0.15, 0.2) is 5.69 Å². The predicted molar refractivity (Wildman–Crippen MR) is 126 cm³/mol. The lowest BCUT2D eigenvalue weighted by Crippen LogP contribution is -2.26. The van der Waals surface area contributed by atoms with Crippen LogP contribution in [0.15, 0.2) is 4.47 Å². The fourth-order valence-corrected chi connectivity index (χ4v) is 5.36. The van der Waals surface area contributed by atoms with Crippen molar-refractivity contribution in [1.29, 1.82) is 0 Å². The summed E-state index contributed by atoms with van der Waals surface area (Å²) in [4.78, 5) is 38.3. The Morgan fingerprint density at radius 3 is 2.43 bits per heavy atom. The first-order valence-corrected chi connectivity index (χ1v) is 12.7. The highest BCUT2D eigenvalue weighted by molar-refractivity contribution is 9.10. The highest BCUT2D eigenvalue weighted by Crippen LogP contribution is 2.48. The fourth-order valence-electron chi connectivity index (χ4n) is 3.46. The van der Waals surface area contributed by atoms with Gasteiger partial charge in [-0.25, -0.2) is 9.59 Å². The van der Waals surface area contributed by atoms with E-state index in [-0.39, 0.29) is 44.6 Å². The van der Waals surface area contributed by atoms with Gasteiger partial charge in [-0.05, 0) is 61.5 Å². The maximum atomic E-state index is 13.5. The summed E-state index contributed by atoms with van der Waals surface area (Å²) in [6.07, 6.45) is -2.75. The molecule has 1 aliphatic carbocycles. The molecule has 3 rings (SSSR count). The minimum atomic E-state index is -4.69. The van der Waals surface area contributed by atoms with Crippen molar-refractivity contribution in [2.24, 2.45) is 0 Å². The van der Waals surface area contributed by atoms with Crippen molar-refractivity contribution in [2.45, 2.75) is 65.1 Å². The molecule has 1 aliphatic rings. The topological polar surface area (TPSA) is 99.5 Å². The van der Waals surface area contributed by atoms with Crippen LogP contribution in [0.1, 0.15) is 89.0 Å². The van der Waals surface area contributed by atoms with Crippen molar-refractivity contribution < 1.29 is 37.0 Å². The average molecular weight is 580 g/mol. The van der Waals surface area contributed by atoms with Crippen molar-refractivity contribution in [3.63, 3.8) is 0 Å². The van der Waals surface area contributed by atoms with Gasteiger partial charge in [0.05, 0.1) is 28.9 Å². The molecule has 1 fully saturated rings. The highest BCUT2D eigenvalue weighted by Gasteiger charge is 2.43. The van der Waals surface area contributed by atoms with Gasteiger partial charge in [-0.1, -0.05) is 6.92 Å². The number of carbonyl (C=O) groups excluding carboxylic acids is 3. The largest absolute Gasteiger partial charge is 0.462 e. The molecule has 0 aromatic carbocycles. The number of nitrogens with zero attached hydrogens (tertiary/aromatic N) is 2. The van der Waals surface area contributed by atoms with E-state index in [0.29, 0.717) is 25.0 Å². The summed E-state index contributed by atoms with van der Waals surface area (Å²) >= 11 is 3.86. The normalized spacial score (nSPS) is 14.5. The number of thiophene rings is 1. The van der Waals surface area contributed by atoms with Gasteiger partial charge in [0.2, 0.25) is 5.91 Å². The van der Waals surface area contributed by atoms with E-state index < -0.39 is 35.8 Å². The lowest BCUT2D eigenvalue weighted by molar-refractivity contribution is -0.142. The van der Waals surface area contributed by atoms with E-state index in [9.17, 15) is 27.6 Å². The van der Waals surface area contributed by atoms with Crippen LogP contribution in [0.2, 0.25) is 0 Å². The predicted octanol–water partition coefficient (Wildman–Crippen LogP) is 5.85. The Balaban J connectivity index is 1.97. The molecule has 2 aromatic heterocycles. The number of esters is 2. The molecule has 0 saturated heterocycles. The zero-order valence-corrected chi connectivity index (χ0v) is 21.9. The number of ether oxygens (including phenoxy) is 2. The minimum absolute atomic E-state index is 0.00657. The minimum Gasteiger partial charge on any atom is -0.462 e. The van der Waals surface area contributed by atoms with Crippen LogP contribution in [-0.2, 0) is 20.4 Å². The number of amides is 1. The fraction of sp³-hybridized carbons (Fsp3) is 0.545. The molecule has 0 spiro atoms. The summed E-state index contributed by atoms with van der Waals surface area (Å²) in [5, 5.41) is 6.35. The van der Waals surface area contributed by atoms with E-state index in [1.807, 2.05) is 6.92 Å². The molecular weight excluding hydrogens is 555 g/mol. The Kier molecular flexibility index (Phi) is 8.30. The third-order valence-corrected chi connectivity index (χ3v) is 7.32. The molecule has 2 heterocycles. The second-order valence-electron chi connectivity index (χ2n) is 8.05. The number of alkyl halides is 3. The average Bonchev–Trinajstić information content (AvgIpc) is 3.47. The summed E-state index contributed by atoms with van der Waals surface area (Å²) in [6.45, 7) is 6.66. The molecule has 1 N–H and O–H groups in total. The summed E-state index contributed by atoms with van der Waals surface area (Å²) in [6, 6.07) is -1.13. The summed E-state index contributed by atoms with van der Waals surface area (Å²) in [5.41, 5.74) is -0.499. The third-order valence-electron chi connectivity index (χ3n) is 5.35. The molecule has 192 valence electrons. The molecule has 1 saturated carbocycles. The van der Waals surface area contributed by atoms with Crippen LogP contribution < -0.4 is 5.32 Å². The van der Waals surface area contributed by atoms with Crippen molar-refractivity contribution in [3.8, 4) is 0 Å². The van der Waals surface area contributed by atoms with Crippen molar-refractivity contribution in [3.05, 3.63) is 31.9 Å². The lowest BCUT2D eigenvalue weighted by atomic mass is 10.1. The first-order valence-electron chi connectivity index (χ1n) is 11.1. The van der Waals surface area contributed by atoms with Crippen LogP contribution in [0, 0.1) is 6.92 Å². The van der Waals surface area contributed by atoms with Crippen LogP contribution in [0.25, 0.3) is 0 Å². The smallest absolute Gasteiger partial charge is 0.436 e. The van der Waals surface area contributed by atoms with Crippen molar-refractivity contribution in [2.75, 3.05) is 18.5 Å². The Labute approximate surface area is 212 Å². The van der Waals surface area contributed by atoms with E-state index in [2.05, 4.69) is 26.3 Å². The molecule has 2 aromatic rings. The number of hydrogen-bond donors (Lipinski definition) is 1. The zero-order chi connectivity index (χ0) is 26.1. The Morgan fingerprint density at radius 2 is 1.89 bits per heavy atom. The number of hydrogen-bond acceptors (Lipinski definition) is 7. The molecular formula is C22H25BrF3N3O5S. The quantitative estimate of drug-likeness (QED) is 0.374. The van der Waals surface area contributed by atoms with Crippen molar-refractivity contribution >= 4 is 50.1 Å². The van der Waals surface area contributed by atoms with Gasteiger partial charge in [-0.3, -0.25) is 9.48 Å². The van der Waals surface area contributed by atoms with Gasteiger partial charge in [0.1, 0.15) is 15.9 Å². The Bertz CT molecular complexity index is 1140. The van der Waals surface area contributed by atoms with E-state index >= 15 is 0 Å². The van der Waals surface area contributed by atoms with Crippen LogP contribution in [0.3, 0.4) is 0 Å². The van der Waals surface area contributed by atoms with Crippen LogP contribution in [0.4, 0.5) is 18.2 Å². The second kappa shape index (κ2) is 10.7. The first-order chi connectivity index (χ1) is 16.4. The van der Waals surface area contributed by atoms with Crippen LogP contribution >= 0.6 is 27.3 Å². The van der Waals surface area contributed by atoms with Crippen LogP contribution in [0.5, 0.6) is 0 Å². The monoisotopic (exact) mass is 579 g/mol. The van der Waals surface area contributed by atoms with Gasteiger partial charge in [0, 0.05) is 5.92 Å². The first kappa shape index (κ1) is 27.2. The maximum Gasteiger partial charge on any atom is 0.436 e.